The lowest BCUT2D eigenvalue weighted by Gasteiger charge is -2.36. The number of amides is 2. The van der Waals surface area contributed by atoms with E-state index in [-0.39, 0.29) is 17.9 Å². The molecule has 1 aliphatic carbocycles. The Kier molecular flexibility index (Phi) is 5.28. The summed E-state index contributed by atoms with van der Waals surface area (Å²) >= 11 is 7.60. The van der Waals surface area contributed by atoms with Gasteiger partial charge in [0.2, 0.25) is 5.91 Å². The van der Waals surface area contributed by atoms with E-state index >= 15 is 0 Å². The second-order valence-electron chi connectivity index (χ2n) is 5.84. The van der Waals surface area contributed by atoms with Crippen molar-refractivity contribution in [3.8, 4) is 0 Å². The van der Waals surface area contributed by atoms with Crippen LogP contribution in [0.5, 0.6) is 0 Å². The highest BCUT2D eigenvalue weighted by atomic mass is 35.5. The molecule has 1 saturated carbocycles. The maximum absolute atomic E-state index is 12.1. The number of hydrogen-bond acceptors (Lipinski definition) is 3. The fourth-order valence-electron chi connectivity index (χ4n) is 2.95. The first-order valence-corrected chi connectivity index (χ1v) is 9.09. The van der Waals surface area contributed by atoms with E-state index in [2.05, 4.69) is 10.6 Å². The molecule has 1 aromatic rings. The number of halogens is 1. The topological polar surface area (TPSA) is 58.2 Å². The van der Waals surface area contributed by atoms with Crippen molar-refractivity contribution in [1.29, 1.82) is 0 Å². The van der Waals surface area contributed by atoms with Crippen LogP contribution in [0, 0.1) is 0 Å². The van der Waals surface area contributed by atoms with Crippen LogP contribution < -0.4 is 10.6 Å². The Hall–Kier alpha value is -1.46. The van der Waals surface area contributed by atoms with Crippen molar-refractivity contribution in [3.05, 3.63) is 45.8 Å². The van der Waals surface area contributed by atoms with Crippen LogP contribution in [0.2, 0.25) is 5.02 Å². The molecule has 23 heavy (non-hydrogen) atoms. The molecule has 2 aliphatic rings. The Balaban J connectivity index is 1.60. The van der Waals surface area contributed by atoms with Gasteiger partial charge in [0.05, 0.1) is 4.91 Å². The number of benzene rings is 1. The molecule has 4 nitrogen and oxygen atoms in total. The third-order valence-electron chi connectivity index (χ3n) is 4.19. The number of rotatable bonds is 3. The van der Waals surface area contributed by atoms with E-state index in [9.17, 15) is 9.59 Å². The van der Waals surface area contributed by atoms with Crippen LogP contribution in [0.4, 0.5) is 0 Å². The van der Waals surface area contributed by atoms with Crippen molar-refractivity contribution < 1.29 is 9.59 Å². The molecule has 6 heteroatoms. The largest absolute Gasteiger partial charge is 0.348 e. The quantitative estimate of drug-likeness (QED) is 0.824. The molecule has 3 rings (SSSR count). The summed E-state index contributed by atoms with van der Waals surface area (Å²) in [5.41, 5.74) is 0.856. The highest BCUT2D eigenvalue weighted by Crippen LogP contribution is 2.36. The van der Waals surface area contributed by atoms with Crippen molar-refractivity contribution in [2.24, 2.45) is 0 Å². The summed E-state index contributed by atoms with van der Waals surface area (Å²) in [4.78, 5) is 24.7. The zero-order chi connectivity index (χ0) is 16.2. The zero-order valence-corrected chi connectivity index (χ0v) is 14.3. The molecular weight excluding hydrogens is 332 g/mol. The molecule has 2 atom stereocenters. The summed E-state index contributed by atoms with van der Waals surface area (Å²) in [7, 11) is 0. The molecule has 0 radical (unpaired) electrons. The van der Waals surface area contributed by atoms with Gasteiger partial charge in [-0.1, -0.05) is 42.6 Å². The minimum Gasteiger partial charge on any atom is -0.348 e. The summed E-state index contributed by atoms with van der Waals surface area (Å²) in [6.45, 7) is 0.348. The Morgan fingerprint density at radius 1 is 1.35 bits per heavy atom. The van der Waals surface area contributed by atoms with Gasteiger partial charge in [0.15, 0.2) is 0 Å². The number of fused-ring (bicyclic) bond motifs is 1. The molecule has 0 bridgehead atoms. The van der Waals surface area contributed by atoms with Gasteiger partial charge in [0.25, 0.3) is 5.91 Å². The fraction of sp³-hybridized carbons (Fsp3) is 0.412. The van der Waals surface area contributed by atoms with Crippen LogP contribution in [0.25, 0.3) is 0 Å². The Bertz CT molecular complexity index is 647. The van der Waals surface area contributed by atoms with Crippen molar-refractivity contribution in [2.75, 3.05) is 0 Å². The number of carbonyl (C=O) groups is 2. The van der Waals surface area contributed by atoms with Gasteiger partial charge in [-0.15, -0.1) is 11.8 Å². The highest BCUT2D eigenvalue weighted by Gasteiger charge is 2.34. The Morgan fingerprint density at radius 2 is 2.13 bits per heavy atom. The SMILES string of the molecule is O=C(/C=C1\SC2CCCCC2NC1=O)NCc1ccccc1Cl. The average Bonchev–Trinajstić information content (AvgIpc) is 2.55. The molecule has 0 spiro atoms. The highest BCUT2D eigenvalue weighted by molar-refractivity contribution is 8.04. The lowest BCUT2D eigenvalue weighted by Crippen LogP contribution is -2.48. The number of carbonyl (C=O) groups excluding carboxylic acids is 2. The first-order valence-electron chi connectivity index (χ1n) is 7.84. The van der Waals surface area contributed by atoms with Gasteiger partial charge in [-0.25, -0.2) is 0 Å². The van der Waals surface area contributed by atoms with E-state index in [0.717, 1.165) is 18.4 Å². The van der Waals surface area contributed by atoms with E-state index in [1.54, 1.807) is 6.07 Å². The van der Waals surface area contributed by atoms with Gasteiger partial charge in [0.1, 0.15) is 0 Å². The van der Waals surface area contributed by atoms with Crippen molar-refractivity contribution in [3.63, 3.8) is 0 Å². The Labute approximate surface area is 145 Å². The Morgan fingerprint density at radius 3 is 2.96 bits per heavy atom. The standard InChI is InChI=1S/C17H19ClN2O2S/c18-12-6-2-1-5-11(12)10-19-16(21)9-15-17(22)20-13-7-3-4-8-14(13)23-15/h1-2,5-6,9,13-14H,3-4,7-8,10H2,(H,19,21)(H,20,22)/b15-9-. The molecular formula is C17H19ClN2O2S. The summed E-state index contributed by atoms with van der Waals surface area (Å²) in [6, 6.07) is 7.63. The third kappa shape index (κ3) is 4.09. The fourth-order valence-corrected chi connectivity index (χ4v) is 4.48. The normalized spacial score (nSPS) is 25.6. The van der Waals surface area contributed by atoms with Crippen molar-refractivity contribution >= 4 is 35.2 Å². The third-order valence-corrected chi connectivity index (χ3v) is 5.99. The molecule has 1 aromatic carbocycles. The molecule has 2 unspecified atom stereocenters. The minimum atomic E-state index is -0.267. The average molecular weight is 351 g/mol. The van der Waals surface area contributed by atoms with Crippen LogP contribution in [0.1, 0.15) is 31.2 Å². The minimum absolute atomic E-state index is 0.133. The molecule has 1 saturated heterocycles. The number of nitrogens with one attached hydrogen (secondary N) is 2. The molecule has 2 amide bonds. The van der Waals surface area contributed by atoms with Crippen LogP contribution in [0.15, 0.2) is 35.2 Å². The van der Waals surface area contributed by atoms with Gasteiger partial charge >= 0.3 is 0 Å². The van der Waals surface area contributed by atoms with Crippen LogP contribution in [0.3, 0.4) is 0 Å². The maximum atomic E-state index is 12.1. The second kappa shape index (κ2) is 7.41. The van der Waals surface area contributed by atoms with Gasteiger partial charge in [0, 0.05) is 28.9 Å². The summed E-state index contributed by atoms with van der Waals surface area (Å²) < 4.78 is 0. The van der Waals surface area contributed by atoms with Crippen molar-refractivity contribution in [1.82, 2.24) is 10.6 Å². The van der Waals surface area contributed by atoms with E-state index < -0.39 is 0 Å². The smallest absolute Gasteiger partial charge is 0.258 e. The van der Waals surface area contributed by atoms with E-state index in [4.69, 9.17) is 11.6 Å². The molecule has 2 fully saturated rings. The van der Waals surface area contributed by atoms with E-state index in [1.165, 1.54) is 30.7 Å². The van der Waals surface area contributed by atoms with Crippen LogP contribution >= 0.6 is 23.4 Å². The molecule has 2 N–H and O–H groups in total. The van der Waals surface area contributed by atoms with Gasteiger partial charge in [-0.2, -0.15) is 0 Å². The number of hydrogen-bond donors (Lipinski definition) is 2. The predicted molar refractivity (Wildman–Crippen MR) is 93.2 cm³/mol. The summed E-state index contributed by atoms with van der Waals surface area (Å²) in [6.07, 6.45) is 5.89. The lowest BCUT2D eigenvalue weighted by atomic mass is 9.94. The monoisotopic (exact) mass is 350 g/mol. The van der Waals surface area contributed by atoms with Crippen LogP contribution in [-0.2, 0) is 16.1 Å². The first-order chi connectivity index (χ1) is 11.1. The molecule has 1 heterocycles. The van der Waals surface area contributed by atoms with E-state index in [1.807, 2.05) is 18.2 Å². The summed E-state index contributed by atoms with van der Waals surface area (Å²) in [5, 5.41) is 6.83. The lowest BCUT2D eigenvalue weighted by molar-refractivity contribution is -0.119. The van der Waals surface area contributed by atoms with E-state index in [0.29, 0.717) is 21.7 Å². The number of thioether (sulfide) groups is 1. The maximum Gasteiger partial charge on any atom is 0.258 e. The van der Waals surface area contributed by atoms with Crippen molar-refractivity contribution in [2.45, 2.75) is 43.5 Å². The molecule has 122 valence electrons. The molecule has 1 aliphatic heterocycles. The first kappa shape index (κ1) is 16.4. The van der Waals surface area contributed by atoms with Gasteiger partial charge in [-0.3, -0.25) is 9.59 Å². The van der Waals surface area contributed by atoms with Gasteiger partial charge < -0.3 is 10.6 Å². The second-order valence-corrected chi connectivity index (χ2v) is 7.53. The van der Waals surface area contributed by atoms with Crippen LogP contribution in [-0.4, -0.2) is 23.1 Å². The predicted octanol–water partition coefficient (Wildman–Crippen LogP) is 3.01. The zero-order valence-electron chi connectivity index (χ0n) is 12.7. The van der Waals surface area contributed by atoms with Gasteiger partial charge in [-0.05, 0) is 24.5 Å². The molecule has 0 aromatic heterocycles. The summed E-state index contributed by atoms with van der Waals surface area (Å²) in [5.74, 6) is -0.400.